The summed E-state index contributed by atoms with van der Waals surface area (Å²) < 4.78 is 65.9. The van der Waals surface area contributed by atoms with Crippen molar-refractivity contribution in [1.29, 1.82) is 0 Å². The number of rotatable bonds is 4. The fourth-order valence-corrected chi connectivity index (χ4v) is 4.32. The summed E-state index contributed by atoms with van der Waals surface area (Å²) in [5.41, 5.74) is -0.227. The Kier molecular flexibility index (Phi) is 5.29. The van der Waals surface area contributed by atoms with E-state index in [9.17, 15) is 36.6 Å². The fraction of sp³-hybridized carbons (Fsp3) is 0.0455. The summed E-state index contributed by atoms with van der Waals surface area (Å²) in [6, 6.07) is 11.5. The summed E-state index contributed by atoms with van der Waals surface area (Å²) in [6.07, 6.45) is -3.25. The maximum Gasteiger partial charge on any atom is 0.416 e. The van der Waals surface area contributed by atoms with E-state index in [4.69, 9.17) is 0 Å². The largest absolute Gasteiger partial charge is 0.504 e. The van der Waals surface area contributed by atoms with Gasteiger partial charge in [-0.25, -0.2) is 8.42 Å². The van der Waals surface area contributed by atoms with Crippen molar-refractivity contribution in [3.05, 3.63) is 77.4 Å². The minimum atomic E-state index is -4.55. The van der Waals surface area contributed by atoms with Crippen molar-refractivity contribution in [2.24, 2.45) is 0 Å². The Morgan fingerprint density at radius 1 is 0.970 bits per heavy atom. The molecule has 0 unspecified atom stereocenters. The molecule has 1 amide bonds. The third-order valence-corrected chi connectivity index (χ3v) is 6.27. The van der Waals surface area contributed by atoms with Gasteiger partial charge in [-0.3, -0.25) is 9.52 Å². The maximum absolute atomic E-state index is 12.8. The van der Waals surface area contributed by atoms with Crippen molar-refractivity contribution in [1.82, 2.24) is 0 Å². The van der Waals surface area contributed by atoms with Gasteiger partial charge in [0.25, 0.3) is 15.9 Å². The molecule has 0 bridgehead atoms. The van der Waals surface area contributed by atoms with Gasteiger partial charge in [-0.2, -0.15) is 13.2 Å². The summed E-state index contributed by atoms with van der Waals surface area (Å²) in [4.78, 5) is 12.2. The van der Waals surface area contributed by atoms with Crippen LogP contribution in [-0.2, 0) is 21.0 Å². The smallest absolute Gasteiger partial charge is 0.416 e. The zero-order valence-electron chi connectivity index (χ0n) is 16.5. The molecule has 3 aromatic rings. The highest BCUT2D eigenvalue weighted by Gasteiger charge is 2.30. The van der Waals surface area contributed by atoms with Gasteiger partial charge < -0.3 is 15.5 Å². The van der Waals surface area contributed by atoms with Crippen molar-refractivity contribution in [2.45, 2.75) is 11.1 Å². The van der Waals surface area contributed by atoms with E-state index in [0.717, 1.165) is 24.3 Å². The number of nitrogens with one attached hydrogen (secondary N) is 2. The first kappa shape index (κ1) is 22.2. The fourth-order valence-electron chi connectivity index (χ4n) is 3.24. The number of amides is 1. The van der Waals surface area contributed by atoms with Crippen LogP contribution in [0.3, 0.4) is 0 Å². The molecule has 1 heterocycles. The maximum atomic E-state index is 12.8. The number of para-hydroxylation sites is 1. The first-order valence-electron chi connectivity index (χ1n) is 9.34. The summed E-state index contributed by atoms with van der Waals surface area (Å²) >= 11 is 0. The normalized spacial score (nSPS) is 14.8. The molecule has 0 saturated carbocycles. The molecule has 1 aliphatic heterocycles. The molecule has 4 N–H and O–H groups in total. The van der Waals surface area contributed by atoms with Gasteiger partial charge in [0.1, 0.15) is 0 Å². The van der Waals surface area contributed by atoms with Crippen molar-refractivity contribution in [3.8, 4) is 11.5 Å². The zero-order chi connectivity index (χ0) is 24.0. The molecule has 0 fully saturated rings. The second-order valence-electron chi connectivity index (χ2n) is 7.12. The van der Waals surface area contributed by atoms with E-state index in [1.807, 2.05) is 0 Å². The standard InChI is InChI=1S/C22H15F3N2O5S/c23-22(24,25)13-4-6-14(7-5-13)27-33(31,32)15-8-9-18-16(11-15)17(21(30)26-18)10-12-2-1-3-19(28)20(12)29/h1-11,27-29H,(H,26,30). The van der Waals surface area contributed by atoms with Crippen LogP contribution >= 0.6 is 0 Å². The van der Waals surface area contributed by atoms with Gasteiger partial charge in [0.2, 0.25) is 0 Å². The first-order valence-corrected chi connectivity index (χ1v) is 10.8. The molecule has 33 heavy (non-hydrogen) atoms. The Morgan fingerprint density at radius 3 is 2.33 bits per heavy atom. The van der Waals surface area contributed by atoms with E-state index >= 15 is 0 Å². The first-order chi connectivity index (χ1) is 15.5. The molecule has 3 aromatic carbocycles. The van der Waals surface area contributed by atoms with Crippen LogP contribution in [0.1, 0.15) is 16.7 Å². The van der Waals surface area contributed by atoms with Gasteiger partial charge in [0.05, 0.1) is 10.5 Å². The Hall–Kier alpha value is -3.99. The third kappa shape index (κ3) is 4.35. The van der Waals surface area contributed by atoms with Crippen molar-refractivity contribution >= 4 is 39.0 Å². The minimum absolute atomic E-state index is 0.0532. The van der Waals surface area contributed by atoms with Gasteiger partial charge >= 0.3 is 6.18 Å². The summed E-state index contributed by atoms with van der Waals surface area (Å²) in [5, 5.41) is 22.2. The lowest BCUT2D eigenvalue weighted by Gasteiger charge is -2.11. The van der Waals surface area contributed by atoms with Crippen LogP contribution in [-0.4, -0.2) is 24.5 Å². The number of anilines is 2. The number of carbonyl (C=O) groups excluding carboxylic acids is 1. The number of hydrogen-bond donors (Lipinski definition) is 4. The van der Waals surface area contributed by atoms with E-state index < -0.39 is 33.4 Å². The number of benzene rings is 3. The highest BCUT2D eigenvalue weighted by molar-refractivity contribution is 7.92. The van der Waals surface area contributed by atoms with Crippen molar-refractivity contribution in [3.63, 3.8) is 0 Å². The van der Waals surface area contributed by atoms with E-state index in [2.05, 4.69) is 10.0 Å². The molecule has 0 spiro atoms. The molecule has 0 radical (unpaired) electrons. The van der Waals surface area contributed by atoms with Crippen LogP contribution < -0.4 is 10.0 Å². The highest BCUT2D eigenvalue weighted by Crippen LogP contribution is 2.38. The Bertz CT molecular complexity index is 1400. The zero-order valence-corrected chi connectivity index (χ0v) is 17.3. The SMILES string of the molecule is O=C1Nc2ccc(S(=O)(=O)Nc3ccc(C(F)(F)F)cc3)cc2C1=Cc1cccc(O)c1O. The average molecular weight is 476 g/mol. The van der Waals surface area contributed by atoms with Gasteiger partial charge in [-0.1, -0.05) is 12.1 Å². The molecule has 4 rings (SSSR count). The second-order valence-corrected chi connectivity index (χ2v) is 8.80. The molecular weight excluding hydrogens is 461 g/mol. The van der Waals surface area contributed by atoms with Gasteiger partial charge in [-0.15, -0.1) is 0 Å². The van der Waals surface area contributed by atoms with E-state index in [1.165, 1.54) is 42.5 Å². The number of phenolic OH excluding ortho intramolecular Hbond substituents is 2. The third-order valence-electron chi connectivity index (χ3n) is 4.89. The number of fused-ring (bicyclic) bond motifs is 1. The quantitative estimate of drug-likeness (QED) is 0.329. The number of sulfonamides is 1. The van der Waals surface area contributed by atoms with Gasteiger partial charge in [-0.05, 0) is 54.6 Å². The van der Waals surface area contributed by atoms with Gasteiger partial charge in [0, 0.05) is 28.1 Å². The van der Waals surface area contributed by atoms with Crippen LogP contribution in [0.2, 0.25) is 0 Å². The van der Waals surface area contributed by atoms with E-state index in [-0.39, 0.29) is 33.0 Å². The number of halogens is 3. The number of phenols is 2. The predicted octanol–water partition coefficient (Wildman–Crippen LogP) is 4.41. The molecule has 0 atom stereocenters. The van der Waals surface area contributed by atoms with Crippen LogP contribution in [0.15, 0.2) is 65.6 Å². The van der Waals surface area contributed by atoms with Crippen LogP contribution in [0.25, 0.3) is 11.6 Å². The molecule has 7 nitrogen and oxygen atoms in total. The molecule has 170 valence electrons. The van der Waals surface area contributed by atoms with Crippen LogP contribution in [0.4, 0.5) is 24.5 Å². The second kappa shape index (κ2) is 7.85. The number of hydrogen-bond acceptors (Lipinski definition) is 5. The number of carbonyl (C=O) groups is 1. The molecule has 1 aliphatic rings. The Morgan fingerprint density at radius 2 is 1.67 bits per heavy atom. The lowest BCUT2D eigenvalue weighted by Crippen LogP contribution is -2.13. The van der Waals surface area contributed by atoms with Crippen LogP contribution in [0.5, 0.6) is 11.5 Å². The molecular formula is C22H15F3N2O5S. The van der Waals surface area contributed by atoms with Crippen LogP contribution in [0, 0.1) is 0 Å². The van der Waals surface area contributed by atoms with Gasteiger partial charge in [0.15, 0.2) is 11.5 Å². The molecule has 0 aromatic heterocycles. The molecule has 11 heteroatoms. The summed E-state index contributed by atoms with van der Waals surface area (Å²) in [7, 11) is -4.20. The Balaban J connectivity index is 1.68. The van der Waals surface area contributed by atoms with E-state index in [1.54, 1.807) is 0 Å². The summed E-state index contributed by atoms with van der Waals surface area (Å²) in [5.74, 6) is -1.38. The monoisotopic (exact) mass is 476 g/mol. The number of aromatic hydroxyl groups is 2. The van der Waals surface area contributed by atoms with Crippen molar-refractivity contribution < 1.29 is 36.6 Å². The topological polar surface area (TPSA) is 116 Å². The number of alkyl halides is 3. The molecule has 0 aliphatic carbocycles. The highest BCUT2D eigenvalue weighted by atomic mass is 32.2. The van der Waals surface area contributed by atoms with E-state index in [0.29, 0.717) is 5.69 Å². The lowest BCUT2D eigenvalue weighted by atomic mass is 10.0. The summed E-state index contributed by atoms with van der Waals surface area (Å²) in [6.45, 7) is 0. The Labute approximate surface area is 185 Å². The molecule has 0 saturated heterocycles. The van der Waals surface area contributed by atoms with Crippen molar-refractivity contribution in [2.75, 3.05) is 10.0 Å². The predicted molar refractivity (Wildman–Crippen MR) is 115 cm³/mol. The lowest BCUT2D eigenvalue weighted by molar-refractivity contribution is -0.137. The minimum Gasteiger partial charge on any atom is -0.504 e. The average Bonchev–Trinajstić information content (AvgIpc) is 3.05.